The lowest BCUT2D eigenvalue weighted by Crippen LogP contribution is -2.00. The smallest absolute Gasteiger partial charge is 0.205 e. The average molecular weight is 280 g/mol. The van der Waals surface area contributed by atoms with Gasteiger partial charge in [-0.2, -0.15) is 5.26 Å². The van der Waals surface area contributed by atoms with Gasteiger partial charge >= 0.3 is 0 Å². The van der Waals surface area contributed by atoms with E-state index in [1.54, 1.807) is 17.8 Å². The number of nitrogens with two attached hydrogens (primary N) is 1. The first kappa shape index (κ1) is 12.6. The molecule has 4 nitrogen and oxygen atoms in total. The van der Waals surface area contributed by atoms with E-state index in [0.717, 1.165) is 16.1 Å². The summed E-state index contributed by atoms with van der Waals surface area (Å²) in [4.78, 5) is 5.48. The van der Waals surface area contributed by atoms with Gasteiger partial charge in [-0.15, -0.1) is 11.8 Å². The molecule has 1 heterocycles. The van der Waals surface area contributed by atoms with Crippen LogP contribution in [0.15, 0.2) is 47.4 Å². The molecule has 0 spiro atoms. The molecule has 0 aliphatic heterocycles. The van der Waals surface area contributed by atoms with Crippen LogP contribution < -0.4 is 5.73 Å². The minimum Gasteiger partial charge on any atom is -0.369 e. The molecule has 0 amide bonds. The number of aromatic nitrogens is 2. The molecule has 2 aromatic carbocycles. The Morgan fingerprint density at radius 3 is 2.80 bits per heavy atom. The first-order valence-electron chi connectivity index (χ1n) is 6.06. The summed E-state index contributed by atoms with van der Waals surface area (Å²) in [7, 11) is 0. The predicted molar refractivity (Wildman–Crippen MR) is 82.0 cm³/mol. The quantitative estimate of drug-likeness (QED) is 0.732. The summed E-state index contributed by atoms with van der Waals surface area (Å²) in [5.74, 6) is 0.390. The van der Waals surface area contributed by atoms with Crippen molar-refractivity contribution in [3.05, 3.63) is 48.0 Å². The Morgan fingerprint density at radius 2 is 2.05 bits per heavy atom. The van der Waals surface area contributed by atoms with E-state index in [4.69, 9.17) is 11.0 Å². The van der Waals surface area contributed by atoms with Crippen LogP contribution in [0, 0.1) is 11.3 Å². The van der Waals surface area contributed by atoms with Crippen LogP contribution in [0.2, 0.25) is 0 Å². The summed E-state index contributed by atoms with van der Waals surface area (Å²) in [6, 6.07) is 15.7. The Morgan fingerprint density at radius 1 is 1.25 bits per heavy atom. The van der Waals surface area contributed by atoms with E-state index in [9.17, 15) is 0 Å². The molecule has 5 heteroatoms. The first-order chi connectivity index (χ1) is 9.74. The second kappa shape index (κ2) is 4.91. The SMILES string of the molecule is CSc1cccc(-n2c(N)nc3c(C#N)cccc32)c1. The van der Waals surface area contributed by atoms with Gasteiger partial charge in [0.05, 0.1) is 16.8 Å². The number of nitriles is 1. The standard InChI is InChI=1S/C15H12N4S/c1-20-12-6-3-5-11(8-12)19-13-7-2-4-10(9-16)14(13)18-15(19)17/h2-8H,1H3,(H2,17,18). The maximum Gasteiger partial charge on any atom is 0.205 e. The third-order valence-corrected chi connectivity index (χ3v) is 3.87. The Labute approximate surface area is 120 Å². The summed E-state index contributed by atoms with van der Waals surface area (Å²) in [6.07, 6.45) is 2.03. The van der Waals surface area contributed by atoms with Gasteiger partial charge in [0, 0.05) is 4.90 Å². The molecule has 0 bridgehead atoms. The number of anilines is 1. The lowest BCUT2D eigenvalue weighted by Gasteiger charge is -2.07. The number of para-hydroxylation sites is 1. The minimum absolute atomic E-state index is 0.390. The Kier molecular flexibility index (Phi) is 3.09. The zero-order valence-electron chi connectivity index (χ0n) is 10.9. The second-order valence-electron chi connectivity index (χ2n) is 4.29. The summed E-state index contributed by atoms with van der Waals surface area (Å²) in [6.45, 7) is 0. The highest BCUT2D eigenvalue weighted by molar-refractivity contribution is 7.98. The Hall–Kier alpha value is -2.45. The molecule has 3 rings (SSSR count). The molecule has 0 radical (unpaired) electrons. The minimum atomic E-state index is 0.390. The van der Waals surface area contributed by atoms with E-state index in [1.165, 1.54) is 0 Å². The van der Waals surface area contributed by atoms with E-state index in [2.05, 4.69) is 17.1 Å². The molecule has 1 aromatic heterocycles. The molecule has 0 fully saturated rings. The molecule has 0 aliphatic rings. The highest BCUT2D eigenvalue weighted by Crippen LogP contribution is 2.27. The van der Waals surface area contributed by atoms with Crippen molar-refractivity contribution < 1.29 is 0 Å². The van der Waals surface area contributed by atoms with Crippen LogP contribution in [0.5, 0.6) is 0 Å². The van der Waals surface area contributed by atoms with Gasteiger partial charge < -0.3 is 5.73 Å². The number of rotatable bonds is 2. The number of thioether (sulfide) groups is 1. The van der Waals surface area contributed by atoms with Gasteiger partial charge in [0.25, 0.3) is 0 Å². The first-order valence-corrected chi connectivity index (χ1v) is 7.28. The molecule has 0 saturated heterocycles. The normalized spacial score (nSPS) is 10.6. The van der Waals surface area contributed by atoms with Crippen LogP contribution in [-0.2, 0) is 0 Å². The molecular formula is C15H12N4S. The van der Waals surface area contributed by atoms with Crippen LogP contribution in [0.25, 0.3) is 16.7 Å². The van der Waals surface area contributed by atoms with Crippen LogP contribution in [0.3, 0.4) is 0 Å². The fourth-order valence-corrected chi connectivity index (χ4v) is 2.68. The molecule has 2 N–H and O–H groups in total. The number of hydrogen-bond donors (Lipinski definition) is 1. The van der Waals surface area contributed by atoms with Crippen LogP contribution >= 0.6 is 11.8 Å². The number of nitrogens with zero attached hydrogens (tertiary/aromatic N) is 3. The summed E-state index contributed by atoms with van der Waals surface area (Å²) < 4.78 is 1.87. The Balaban J connectivity index is 2.31. The van der Waals surface area contributed by atoms with Gasteiger partial charge in [-0.3, -0.25) is 4.57 Å². The molecule has 0 saturated carbocycles. The molecular weight excluding hydrogens is 268 g/mol. The molecule has 20 heavy (non-hydrogen) atoms. The zero-order valence-corrected chi connectivity index (χ0v) is 11.7. The Bertz CT molecular complexity index is 829. The van der Waals surface area contributed by atoms with Crippen molar-refractivity contribution in [2.75, 3.05) is 12.0 Å². The van der Waals surface area contributed by atoms with Crippen molar-refractivity contribution in [2.24, 2.45) is 0 Å². The maximum atomic E-state index is 9.15. The van der Waals surface area contributed by atoms with Gasteiger partial charge in [-0.25, -0.2) is 4.98 Å². The average Bonchev–Trinajstić information content (AvgIpc) is 2.83. The van der Waals surface area contributed by atoms with Gasteiger partial charge in [0.1, 0.15) is 11.6 Å². The van der Waals surface area contributed by atoms with Gasteiger partial charge in [0.15, 0.2) is 0 Å². The molecule has 0 unspecified atom stereocenters. The third-order valence-electron chi connectivity index (χ3n) is 3.14. The van der Waals surface area contributed by atoms with Gasteiger partial charge in [-0.1, -0.05) is 12.1 Å². The van der Waals surface area contributed by atoms with Crippen molar-refractivity contribution in [1.82, 2.24) is 9.55 Å². The van der Waals surface area contributed by atoms with Crippen LogP contribution in [-0.4, -0.2) is 15.8 Å². The lowest BCUT2D eigenvalue weighted by atomic mass is 10.2. The van der Waals surface area contributed by atoms with Crippen molar-refractivity contribution in [3.8, 4) is 11.8 Å². The van der Waals surface area contributed by atoms with Crippen molar-refractivity contribution in [3.63, 3.8) is 0 Å². The van der Waals surface area contributed by atoms with Crippen LogP contribution in [0.1, 0.15) is 5.56 Å². The van der Waals surface area contributed by atoms with Crippen LogP contribution in [0.4, 0.5) is 5.95 Å². The van der Waals surface area contributed by atoms with E-state index < -0.39 is 0 Å². The second-order valence-corrected chi connectivity index (χ2v) is 5.17. The van der Waals surface area contributed by atoms with Crippen molar-refractivity contribution >= 4 is 28.7 Å². The molecule has 0 aliphatic carbocycles. The number of benzene rings is 2. The topological polar surface area (TPSA) is 67.6 Å². The van der Waals surface area contributed by atoms with E-state index in [1.807, 2.05) is 41.2 Å². The monoisotopic (exact) mass is 280 g/mol. The number of fused-ring (bicyclic) bond motifs is 1. The fraction of sp³-hybridized carbons (Fsp3) is 0.0667. The number of imidazole rings is 1. The van der Waals surface area contributed by atoms with E-state index in [-0.39, 0.29) is 0 Å². The van der Waals surface area contributed by atoms with Gasteiger partial charge in [-0.05, 0) is 36.6 Å². The van der Waals surface area contributed by atoms with Crippen molar-refractivity contribution in [2.45, 2.75) is 4.90 Å². The largest absolute Gasteiger partial charge is 0.369 e. The molecule has 3 aromatic rings. The number of hydrogen-bond acceptors (Lipinski definition) is 4. The van der Waals surface area contributed by atoms with Crippen molar-refractivity contribution in [1.29, 1.82) is 5.26 Å². The van der Waals surface area contributed by atoms with Gasteiger partial charge in [0.2, 0.25) is 5.95 Å². The highest BCUT2D eigenvalue weighted by Gasteiger charge is 2.12. The third kappa shape index (κ3) is 1.91. The number of nitrogen functional groups attached to an aromatic ring is 1. The lowest BCUT2D eigenvalue weighted by molar-refractivity contribution is 1.10. The zero-order chi connectivity index (χ0) is 14.1. The predicted octanol–water partition coefficient (Wildman–Crippen LogP) is 3.20. The molecule has 98 valence electrons. The van der Waals surface area contributed by atoms with E-state index in [0.29, 0.717) is 17.0 Å². The summed E-state index contributed by atoms with van der Waals surface area (Å²) in [5, 5.41) is 9.15. The fourth-order valence-electron chi connectivity index (χ4n) is 2.23. The van der Waals surface area contributed by atoms with E-state index >= 15 is 0 Å². The maximum absolute atomic E-state index is 9.15. The summed E-state index contributed by atoms with van der Waals surface area (Å²) in [5.41, 5.74) is 9.01. The summed E-state index contributed by atoms with van der Waals surface area (Å²) >= 11 is 1.67. The molecule has 0 atom stereocenters. The highest BCUT2D eigenvalue weighted by atomic mass is 32.2.